The number of rotatable bonds is 5. The number of carbonyl (C=O) groups is 1. The van der Waals surface area contributed by atoms with Gasteiger partial charge in [0, 0.05) is 7.05 Å². The summed E-state index contributed by atoms with van der Waals surface area (Å²) < 4.78 is 41.3. The van der Waals surface area contributed by atoms with Gasteiger partial charge in [0.1, 0.15) is 5.76 Å². The predicted octanol–water partition coefficient (Wildman–Crippen LogP) is 2.15. The summed E-state index contributed by atoms with van der Waals surface area (Å²) in [5, 5.41) is 2.04. The number of nitrogens with zero attached hydrogens (tertiary/aromatic N) is 1. The fourth-order valence-electron chi connectivity index (χ4n) is 1.20. The fraction of sp³-hybridized carbons (Fsp3) is 0.500. The largest absolute Gasteiger partial charge is 0.452 e. The zero-order valence-electron chi connectivity index (χ0n) is 9.55. The van der Waals surface area contributed by atoms with E-state index >= 15 is 0 Å². The monoisotopic (exact) mass is 328 g/mol. The van der Waals surface area contributed by atoms with E-state index in [1.54, 1.807) is 12.1 Å². The van der Waals surface area contributed by atoms with Crippen molar-refractivity contribution in [3.8, 4) is 0 Å². The van der Waals surface area contributed by atoms with Gasteiger partial charge in [-0.25, -0.2) is 0 Å². The van der Waals surface area contributed by atoms with Crippen LogP contribution in [0.2, 0.25) is 0 Å². The molecule has 0 aliphatic carbocycles. The van der Waals surface area contributed by atoms with E-state index in [9.17, 15) is 18.0 Å². The van der Waals surface area contributed by atoms with Gasteiger partial charge in [-0.1, -0.05) is 0 Å². The molecular weight excluding hydrogens is 317 g/mol. The van der Waals surface area contributed by atoms with Crippen LogP contribution in [0, 0.1) is 0 Å². The molecule has 4 nitrogen and oxygen atoms in total. The number of carbonyl (C=O) groups excluding carboxylic acids is 1. The van der Waals surface area contributed by atoms with Gasteiger partial charge in [0.15, 0.2) is 4.67 Å². The van der Waals surface area contributed by atoms with Gasteiger partial charge in [-0.2, -0.15) is 13.2 Å². The molecule has 1 rings (SSSR count). The molecule has 0 bridgehead atoms. The predicted molar refractivity (Wildman–Crippen MR) is 61.8 cm³/mol. The standard InChI is InChI=1S/C10H12BrF3N2O2/c1-16(5-7-2-3-8(11)18-7)9(17)4-15-6-10(12,13)14/h2-3,15H,4-6H2,1H3. The number of halogens is 4. The zero-order valence-corrected chi connectivity index (χ0v) is 11.1. The third-order valence-electron chi connectivity index (χ3n) is 2.05. The SMILES string of the molecule is CN(Cc1ccc(Br)o1)C(=O)CNCC(F)(F)F. The molecule has 1 N–H and O–H groups in total. The first-order valence-corrected chi connectivity index (χ1v) is 5.83. The van der Waals surface area contributed by atoms with Gasteiger partial charge in [0.05, 0.1) is 19.6 Å². The van der Waals surface area contributed by atoms with E-state index in [0.717, 1.165) is 0 Å². The van der Waals surface area contributed by atoms with Crippen LogP contribution in [0.5, 0.6) is 0 Å². The van der Waals surface area contributed by atoms with Crippen molar-refractivity contribution in [2.45, 2.75) is 12.7 Å². The van der Waals surface area contributed by atoms with E-state index in [0.29, 0.717) is 10.4 Å². The van der Waals surface area contributed by atoms with Crippen LogP contribution in [0.25, 0.3) is 0 Å². The summed E-state index contributed by atoms with van der Waals surface area (Å²) in [6.07, 6.45) is -4.31. The van der Waals surface area contributed by atoms with Gasteiger partial charge in [0.25, 0.3) is 0 Å². The summed E-state index contributed by atoms with van der Waals surface area (Å²) in [5.41, 5.74) is 0. The second-order valence-corrected chi connectivity index (χ2v) is 4.46. The lowest BCUT2D eigenvalue weighted by Gasteiger charge is -2.16. The van der Waals surface area contributed by atoms with Crippen molar-refractivity contribution < 1.29 is 22.4 Å². The molecule has 18 heavy (non-hydrogen) atoms. The van der Waals surface area contributed by atoms with Crippen molar-refractivity contribution in [3.05, 3.63) is 22.6 Å². The number of likely N-dealkylation sites (N-methyl/N-ethyl adjacent to an activating group) is 1. The molecule has 0 fully saturated rings. The number of nitrogens with one attached hydrogen (secondary N) is 1. The number of furan rings is 1. The quantitative estimate of drug-likeness (QED) is 0.900. The van der Waals surface area contributed by atoms with Gasteiger partial charge >= 0.3 is 6.18 Å². The number of alkyl halides is 3. The minimum atomic E-state index is -4.31. The maximum Gasteiger partial charge on any atom is 0.401 e. The molecule has 0 unspecified atom stereocenters. The van der Waals surface area contributed by atoms with E-state index in [2.05, 4.69) is 15.9 Å². The lowest BCUT2D eigenvalue weighted by Crippen LogP contribution is -2.38. The Morgan fingerprint density at radius 3 is 2.67 bits per heavy atom. The Hall–Kier alpha value is -1.02. The minimum absolute atomic E-state index is 0.206. The van der Waals surface area contributed by atoms with Crippen molar-refractivity contribution in [2.24, 2.45) is 0 Å². The molecule has 0 radical (unpaired) electrons. The van der Waals surface area contributed by atoms with Crippen molar-refractivity contribution in [1.29, 1.82) is 0 Å². The van der Waals surface area contributed by atoms with Crippen LogP contribution < -0.4 is 5.32 Å². The Kier molecular flexibility index (Phi) is 5.21. The Labute approximate surface area is 110 Å². The molecule has 1 amide bonds. The summed E-state index contributed by atoms with van der Waals surface area (Å²) in [7, 11) is 1.49. The molecule has 0 aliphatic heterocycles. The molecule has 102 valence electrons. The molecule has 0 spiro atoms. The normalized spacial score (nSPS) is 11.6. The Bertz CT molecular complexity index is 406. The van der Waals surface area contributed by atoms with Crippen LogP contribution in [-0.4, -0.2) is 37.1 Å². The van der Waals surface area contributed by atoms with Gasteiger partial charge in [-0.3, -0.25) is 4.79 Å². The fourth-order valence-corrected chi connectivity index (χ4v) is 1.54. The van der Waals surface area contributed by atoms with Crippen LogP contribution in [0.4, 0.5) is 13.2 Å². The first-order valence-electron chi connectivity index (χ1n) is 5.03. The van der Waals surface area contributed by atoms with Crippen LogP contribution in [0.3, 0.4) is 0 Å². The maximum absolute atomic E-state index is 11.8. The van der Waals surface area contributed by atoms with Crippen LogP contribution in [0.1, 0.15) is 5.76 Å². The Morgan fingerprint density at radius 1 is 1.50 bits per heavy atom. The average molecular weight is 329 g/mol. The smallest absolute Gasteiger partial charge is 0.401 e. The molecule has 0 aliphatic rings. The van der Waals surface area contributed by atoms with Crippen molar-refractivity contribution in [2.75, 3.05) is 20.1 Å². The molecule has 0 saturated heterocycles. The third-order valence-corrected chi connectivity index (χ3v) is 2.48. The molecular formula is C10H12BrF3N2O2. The van der Waals surface area contributed by atoms with Crippen molar-refractivity contribution in [1.82, 2.24) is 10.2 Å². The van der Waals surface area contributed by atoms with Crippen molar-refractivity contribution in [3.63, 3.8) is 0 Å². The highest BCUT2D eigenvalue weighted by Gasteiger charge is 2.26. The van der Waals surface area contributed by atoms with E-state index < -0.39 is 18.6 Å². The topological polar surface area (TPSA) is 45.5 Å². The molecule has 1 heterocycles. The van der Waals surface area contributed by atoms with Gasteiger partial charge in [0.2, 0.25) is 5.91 Å². The van der Waals surface area contributed by atoms with Gasteiger partial charge in [-0.05, 0) is 28.1 Å². The second kappa shape index (κ2) is 6.24. The summed E-state index contributed by atoms with van der Waals surface area (Å²) in [6.45, 7) is -1.34. The Balaban J connectivity index is 2.33. The Morgan fingerprint density at radius 2 is 2.17 bits per heavy atom. The van der Waals surface area contributed by atoms with E-state index in [4.69, 9.17) is 4.42 Å². The summed E-state index contributed by atoms with van der Waals surface area (Å²) in [4.78, 5) is 12.8. The molecule has 8 heteroatoms. The first kappa shape index (κ1) is 15.0. The van der Waals surface area contributed by atoms with Gasteiger partial charge in [-0.15, -0.1) is 0 Å². The summed E-state index contributed by atoms with van der Waals surface area (Å²) in [6, 6.07) is 3.35. The van der Waals surface area contributed by atoms with Crippen LogP contribution in [0.15, 0.2) is 21.2 Å². The molecule has 0 aromatic carbocycles. The second-order valence-electron chi connectivity index (χ2n) is 3.67. The minimum Gasteiger partial charge on any atom is -0.452 e. The maximum atomic E-state index is 11.8. The first-order chi connectivity index (χ1) is 8.28. The highest BCUT2D eigenvalue weighted by molar-refractivity contribution is 9.10. The zero-order chi connectivity index (χ0) is 13.8. The molecule has 0 saturated carbocycles. The van der Waals surface area contributed by atoms with Crippen molar-refractivity contribution >= 4 is 21.8 Å². The third kappa shape index (κ3) is 5.54. The van der Waals surface area contributed by atoms with Crippen LogP contribution >= 0.6 is 15.9 Å². The molecule has 1 aromatic rings. The summed E-state index contributed by atoms with van der Waals surface area (Å²) in [5.74, 6) is 0.111. The van der Waals surface area contributed by atoms with Gasteiger partial charge < -0.3 is 14.6 Å². The molecule has 1 aromatic heterocycles. The van der Waals surface area contributed by atoms with E-state index in [1.807, 2.05) is 5.32 Å². The number of hydrogen-bond donors (Lipinski definition) is 1. The van der Waals surface area contributed by atoms with Crippen LogP contribution in [-0.2, 0) is 11.3 Å². The number of amides is 1. The lowest BCUT2D eigenvalue weighted by molar-refractivity contribution is -0.133. The highest BCUT2D eigenvalue weighted by Crippen LogP contribution is 2.15. The summed E-state index contributed by atoms with van der Waals surface area (Å²) >= 11 is 3.12. The average Bonchev–Trinajstić information content (AvgIpc) is 2.61. The molecule has 0 atom stereocenters. The lowest BCUT2D eigenvalue weighted by atomic mass is 10.4. The van der Waals surface area contributed by atoms with E-state index in [1.165, 1.54) is 11.9 Å². The highest BCUT2D eigenvalue weighted by atomic mass is 79.9. The van der Waals surface area contributed by atoms with E-state index in [-0.39, 0.29) is 13.1 Å². The number of hydrogen-bond acceptors (Lipinski definition) is 3.